The molecule has 0 saturated carbocycles. The molecule has 85 heavy (non-hydrogen) atoms. The van der Waals surface area contributed by atoms with Crippen LogP contribution in [0.25, 0.3) is 0 Å². The molecule has 0 bridgehead atoms. The molecule has 0 aliphatic carbocycles. The molecule has 17 nitrogen and oxygen atoms in total. The molecule has 0 aliphatic rings. The van der Waals surface area contributed by atoms with E-state index >= 15 is 0 Å². The highest BCUT2D eigenvalue weighted by Crippen LogP contribution is 2.45. The van der Waals surface area contributed by atoms with Gasteiger partial charge < -0.3 is 33.8 Å². The van der Waals surface area contributed by atoms with Crippen molar-refractivity contribution in [1.29, 1.82) is 0 Å². The highest BCUT2D eigenvalue weighted by molar-refractivity contribution is 7.47. The molecule has 19 heteroatoms. The van der Waals surface area contributed by atoms with E-state index in [9.17, 15) is 43.2 Å². The van der Waals surface area contributed by atoms with Crippen LogP contribution in [0.2, 0.25) is 0 Å². The standard InChI is InChI=1S/C66H128O17P2/c1-7-10-12-14-16-18-19-20-21-22-23-26-31-38-44-50-65(70)82-61(54-77-64(69)49-43-37-30-27-24-25-28-34-40-46-58(4)5)56-80-84(72,73)78-52-60(67)53-79-85(74,75)81-57-62(55-76-63(68)48-42-36-29-17-15-13-11-8-2)83-66(71)51-45-39-33-32-35-41-47-59(6)9-3/h58-62,67H,7-57H2,1-6H3,(H,72,73)(H,74,75)/t59?,60-,61-,62-/m1/s1. The Morgan fingerprint density at radius 3 is 0.894 bits per heavy atom. The minimum absolute atomic E-state index is 0.103. The van der Waals surface area contributed by atoms with Gasteiger partial charge in [-0.3, -0.25) is 37.3 Å². The maximum absolute atomic E-state index is 13.0. The summed E-state index contributed by atoms with van der Waals surface area (Å²) < 4.78 is 68.0. The van der Waals surface area contributed by atoms with Crippen molar-refractivity contribution in [3.63, 3.8) is 0 Å². The van der Waals surface area contributed by atoms with Crippen molar-refractivity contribution in [2.75, 3.05) is 39.6 Å². The van der Waals surface area contributed by atoms with Crippen LogP contribution < -0.4 is 0 Å². The zero-order chi connectivity index (χ0) is 62.9. The Morgan fingerprint density at radius 1 is 0.341 bits per heavy atom. The molecule has 0 aromatic rings. The van der Waals surface area contributed by atoms with Crippen molar-refractivity contribution in [3.05, 3.63) is 0 Å². The molecule has 3 unspecified atom stereocenters. The molecule has 0 amide bonds. The summed E-state index contributed by atoms with van der Waals surface area (Å²) in [7, 11) is -9.89. The maximum Gasteiger partial charge on any atom is 0.472 e. The van der Waals surface area contributed by atoms with Gasteiger partial charge in [0, 0.05) is 25.7 Å². The van der Waals surface area contributed by atoms with Crippen LogP contribution in [-0.2, 0) is 65.4 Å². The quantitative estimate of drug-likeness (QED) is 0.0222. The second-order valence-electron chi connectivity index (χ2n) is 24.6. The van der Waals surface area contributed by atoms with E-state index in [1.54, 1.807) is 0 Å². The zero-order valence-corrected chi connectivity index (χ0v) is 56.7. The van der Waals surface area contributed by atoms with E-state index in [-0.39, 0.29) is 25.7 Å². The number of carbonyl (C=O) groups is 4. The van der Waals surface area contributed by atoms with Gasteiger partial charge in [0.2, 0.25) is 0 Å². The molecule has 0 fully saturated rings. The molecule has 0 aromatic carbocycles. The molecule has 0 rings (SSSR count). The van der Waals surface area contributed by atoms with Crippen LogP contribution in [0.4, 0.5) is 0 Å². The number of hydrogen-bond donors (Lipinski definition) is 3. The summed E-state index contributed by atoms with van der Waals surface area (Å²) in [5, 5.41) is 10.5. The van der Waals surface area contributed by atoms with Gasteiger partial charge in [0.15, 0.2) is 12.2 Å². The Kier molecular flexibility index (Phi) is 57.1. The molecule has 0 radical (unpaired) electrons. The number of rotatable bonds is 65. The van der Waals surface area contributed by atoms with Crippen LogP contribution in [0, 0.1) is 11.8 Å². The first-order valence-corrected chi connectivity index (χ1v) is 37.5. The average molecular weight is 1260 g/mol. The van der Waals surface area contributed by atoms with Gasteiger partial charge in [0.05, 0.1) is 26.4 Å². The molecule has 0 aliphatic heterocycles. The predicted octanol–water partition coefficient (Wildman–Crippen LogP) is 18.4. The lowest BCUT2D eigenvalue weighted by molar-refractivity contribution is -0.161. The lowest BCUT2D eigenvalue weighted by atomic mass is 10.00. The molecule has 0 aromatic heterocycles. The van der Waals surface area contributed by atoms with Gasteiger partial charge in [-0.05, 0) is 37.5 Å². The Balaban J connectivity index is 5.23. The number of aliphatic hydroxyl groups excluding tert-OH is 1. The van der Waals surface area contributed by atoms with E-state index in [4.69, 9.17) is 37.0 Å². The van der Waals surface area contributed by atoms with Crippen molar-refractivity contribution in [1.82, 2.24) is 0 Å². The number of aliphatic hydroxyl groups is 1. The zero-order valence-electron chi connectivity index (χ0n) is 54.9. The summed E-state index contributed by atoms with van der Waals surface area (Å²) in [5.74, 6) is -0.670. The first-order chi connectivity index (χ1) is 40.9. The summed E-state index contributed by atoms with van der Waals surface area (Å²) >= 11 is 0. The van der Waals surface area contributed by atoms with Crippen LogP contribution in [0.3, 0.4) is 0 Å². The van der Waals surface area contributed by atoms with Crippen LogP contribution in [0.15, 0.2) is 0 Å². The SMILES string of the molecule is CCCCCCCCCCCCCCCCCC(=O)O[C@H](COC(=O)CCCCCCCCCCCC(C)C)COP(=O)(O)OC[C@@H](O)COP(=O)(O)OC[C@@H](COC(=O)CCCCCCCCCC)OC(=O)CCCCCCCCC(C)CC. The van der Waals surface area contributed by atoms with E-state index in [2.05, 4.69) is 41.5 Å². The van der Waals surface area contributed by atoms with Crippen molar-refractivity contribution < 1.29 is 80.2 Å². The molecular formula is C66H128O17P2. The van der Waals surface area contributed by atoms with Crippen molar-refractivity contribution >= 4 is 39.5 Å². The number of phosphoric ester groups is 2. The summed E-state index contributed by atoms with van der Waals surface area (Å²) in [6.07, 6.45) is 41.7. The number of unbranched alkanes of at least 4 members (excludes halogenated alkanes) is 34. The topological polar surface area (TPSA) is 237 Å². The van der Waals surface area contributed by atoms with Crippen molar-refractivity contribution in [2.24, 2.45) is 11.8 Å². The van der Waals surface area contributed by atoms with Crippen LogP contribution in [0.5, 0.6) is 0 Å². The second kappa shape index (κ2) is 58.4. The van der Waals surface area contributed by atoms with E-state index in [0.29, 0.717) is 25.7 Å². The maximum atomic E-state index is 13.0. The van der Waals surface area contributed by atoms with Crippen LogP contribution in [0.1, 0.15) is 330 Å². The monoisotopic (exact) mass is 1250 g/mol. The molecule has 0 saturated heterocycles. The third-order valence-corrected chi connectivity index (χ3v) is 17.5. The highest BCUT2D eigenvalue weighted by Gasteiger charge is 2.30. The number of carbonyl (C=O) groups excluding carboxylic acids is 4. The second-order valence-corrected chi connectivity index (χ2v) is 27.5. The third-order valence-electron chi connectivity index (χ3n) is 15.6. The van der Waals surface area contributed by atoms with E-state index in [1.165, 1.54) is 141 Å². The third kappa shape index (κ3) is 59.5. The minimum Gasteiger partial charge on any atom is -0.462 e. The van der Waals surface area contributed by atoms with E-state index in [0.717, 1.165) is 108 Å². The normalized spacial score (nSPS) is 14.6. The van der Waals surface area contributed by atoms with E-state index in [1.807, 2.05) is 0 Å². The summed E-state index contributed by atoms with van der Waals surface area (Å²) in [6, 6.07) is 0. The van der Waals surface area contributed by atoms with Gasteiger partial charge >= 0.3 is 39.5 Å². The van der Waals surface area contributed by atoms with E-state index < -0.39 is 97.5 Å². The fraction of sp³-hybridized carbons (Fsp3) is 0.939. The van der Waals surface area contributed by atoms with Gasteiger partial charge in [-0.2, -0.15) is 0 Å². The first-order valence-electron chi connectivity index (χ1n) is 34.5. The molecule has 0 heterocycles. The highest BCUT2D eigenvalue weighted by atomic mass is 31.2. The Hall–Kier alpha value is -1.94. The fourth-order valence-electron chi connectivity index (χ4n) is 9.85. The number of ether oxygens (including phenoxy) is 4. The average Bonchev–Trinajstić information content (AvgIpc) is 3.49. The van der Waals surface area contributed by atoms with Gasteiger partial charge in [-0.25, -0.2) is 9.13 Å². The van der Waals surface area contributed by atoms with Crippen LogP contribution >= 0.6 is 15.6 Å². The predicted molar refractivity (Wildman–Crippen MR) is 340 cm³/mol. The molecule has 3 N–H and O–H groups in total. The molecule has 0 spiro atoms. The molecular weight excluding hydrogens is 1130 g/mol. The van der Waals surface area contributed by atoms with Crippen LogP contribution in [-0.4, -0.2) is 96.7 Å². The van der Waals surface area contributed by atoms with Gasteiger partial charge in [-0.15, -0.1) is 0 Å². The largest absolute Gasteiger partial charge is 0.472 e. The Morgan fingerprint density at radius 2 is 0.600 bits per heavy atom. The molecule has 6 atom stereocenters. The lowest BCUT2D eigenvalue weighted by Crippen LogP contribution is -2.30. The number of phosphoric acid groups is 2. The lowest BCUT2D eigenvalue weighted by Gasteiger charge is -2.21. The van der Waals surface area contributed by atoms with Gasteiger partial charge in [-0.1, -0.05) is 279 Å². The summed E-state index contributed by atoms with van der Waals surface area (Å²) in [6.45, 7) is 9.42. The van der Waals surface area contributed by atoms with Crippen molar-refractivity contribution in [2.45, 2.75) is 349 Å². The summed E-state index contributed by atoms with van der Waals surface area (Å²) in [5.41, 5.74) is 0. The first kappa shape index (κ1) is 83.1. The minimum atomic E-state index is -4.95. The van der Waals surface area contributed by atoms with Crippen molar-refractivity contribution in [3.8, 4) is 0 Å². The summed E-state index contributed by atoms with van der Waals surface area (Å²) in [4.78, 5) is 72.2. The smallest absolute Gasteiger partial charge is 0.462 e. The van der Waals surface area contributed by atoms with Gasteiger partial charge in [0.1, 0.15) is 19.3 Å². The number of hydrogen-bond acceptors (Lipinski definition) is 15. The Labute approximate surface area is 517 Å². The van der Waals surface area contributed by atoms with Gasteiger partial charge in [0.25, 0.3) is 0 Å². The number of esters is 4. The molecule has 504 valence electrons. The Bertz CT molecular complexity index is 1670. The fourth-order valence-corrected chi connectivity index (χ4v) is 11.4.